The van der Waals surface area contributed by atoms with Crippen LogP contribution in [0.1, 0.15) is 40.7 Å². The van der Waals surface area contributed by atoms with Gasteiger partial charge in [-0.3, -0.25) is 10.1 Å². The second-order valence-corrected chi connectivity index (χ2v) is 10.4. The molecule has 1 aliphatic heterocycles. The van der Waals surface area contributed by atoms with Gasteiger partial charge in [0.15, 0.2) is 5.13 Å². The highest BCUT2D eigenvalue weighted by Gasteiger charge is 2.26. The van der Waals surface area contributed by atoms with Crippen LogP contribution in [0.15, 0.2) is 41.3 Å². The molecule has 1 saturated heterocycles. The molecule has 1 amide bonds. The number of anilines is 1. The maximum absolute atomic E-state index is 12.9. The maximum atomic E-state index is 12.9. The van der Waals surface area contributed by atoms with Crippen molar-refractivity contribution in [2.45, 2.75) is 38.0 Å². The molecular weight excluding hydrogens is 406 g/mol. The van der Waals surface area contributed by atoms with Crippen LogP contribution in [-0.4, -0.2) is 36.7 Å². The fourth-order valence-corrected chi connectivity index (χ4v) is 6.25. The number of nitrogens with one attached hydrogen (secondary N) is 1. The number of benzene rings is 2. The summed E-state index contributed by atoms with van der Waals surface area (Å²) < 4.78 is 28.3. The largest absolute Gasteiger partial charge is 0.298 e. The molecule has 0 unspecified atom stereocenters. The molecule has 1 fully saturated rings. The molecule has 3 aromatic rings. The van der Waals surface area contributed by atoms with Crippen molar-refractivity contribution >= 4 is 42.6 Å². The maximum Gasteiger partial charge on any atom is 0.257 e. The summed E-state index contributed by atoms with van der Waals surface area (Å²) in [5.74, 6) is -0.367. The molecule has 0 saturated carbocycles. The number of thiazole rings is 1. The van der Waals surface area contributed by atoms with Gasteiger partial charge in [0.05, 0.1) is 15.1 Å². The Hall–Kier alpha value is -2.29. The first-order chi connectivity index (χ1) is 13.8. The number of aromatic nitrogens is 1. The molecule has 8 heteroatoms. The number of hydrogen-bond donors (Lipinski definition) is 1. The Morgan fingerprint density at radius 2 is 1.86 bits per heavy atom. The number of aryl methyl sites for hydroxylation is 2. The minimum atomic E-state index is -3.58. The van der Waals surface area contributed by atoms with Crippen molar-refractivity contribution in [2.75, 3.05) is 18.4 Å². The molecule has 29 heavy (non-hydrogen) atoms. The minimum Gasteiger partial charge on any atom is -0.298 e. The van der Waals surface area contributed by atoms with Crippen molar-refractivity contribution in [1.82, 2.24) is 9.29 Å². The van der Waals surface area contributed by atoms with E-state index in [9.17, 15) is 13.2 Å². The molecule has 0 aliphatic carbocycles. The topological polar surface area (TPSA) is 79.4 Å². The van der Waals surface area contributed by atoms with Crippen molar-refractivity contribution in [3.63, 3.8) is 0 Å². The summed E-state index contributed by atoms with van der Waals surface area (Å²) in [6, 6.07) is 10.3. The molecule has 1 aliphatic rings. The van der Waals surface area contributed by atoms with Gasteiger partial charge in [-0.1, -0.05) is 29.9 Å². The van der Waals surface area contributed by atoms with Crippen LogP contribution in [0, 0.1) is 13.8 Å². The Kier molecular flexibility index (Phi) is 5.42. The minimum absolute atomic E-state index is 0.155. The third-order valence-corrected chi connectivity index (χ3v) is 7.91. The van der Waals surface area contributed by atoms with E-state index in [1.165, 1.54) is 21.7 Å². The lowest BCUT2D eigenvalue weighted by Crippen LogP contribution is -2.35. The van der Waals surface area contributed by atoms with Gasteiger partial charge < -0.3 is 0 Å². The Labute approximate surface area is 174 Å². The highest BCUT2D eigenvalue weighted by molar-refractivity contribution is 7.89. The second kappa shape index (κ2) is 7.85. The molecular formula is C21H23N3O3S2. The van der Waals surface area contributed by atoms with E-state index in [1.807, 2.05) is 19.9 Å². The van der Waals surface area contributed by atoms with Crippen LogP contribution < -0.4 is 5.32 Å². The van der Waals surface area contributed by atoms with Gasteiger partial charge in [-0.2, -0.15) is 4.31 Å². The van der Waals surface area contributed by atoms with E-state index in [1.54, 1.807) is 18.2 Å². The van der Waals surface area contributed by atoms with E-state index in [-0.39, 0.29) is 10.8 Å². The smallest absolute Gasteiger partial charge is 0.257 e. The summed E-state index contributed by atoms with van der Waals surface area (Å²) in [6.45, 7) is 5.08. The Bertz CT molecular complexity index is 1180. The van der Waals surface area contributed by atoms with E-state index in [4.69, 9.17) is 0 Å². The summed E-state index contributed by atoms with van der Waals surface area (Å²) >= 11 is 1.41. The van der Waals surface area contributed by atoms with Gasteiger partial charge in [0.2, 0.25) is 10.0 Å². The van der Waals surface area contributed by atoms with Gasteiger partial charge in [-0.15, -0.1) is 0 Å². The van der Waals surface area contributed by atoms with Crippen molar-refractivity contribution in [1.29, 1.82) is 0 Å². The number of carbonyl (C=O) groups is 1. The van der Waals surface area contributed by atoms with Gasteiger partial charge >= 0.3 is 0 Å². The van der Waals surface area contributed by atoms with E-state index < -0.39 is 10.0 Å². The standard InChI is InChI=1S/C21H23N3O3S2/c1-14-11-15(2)19-18(12-14)28-21(22-19)23-20(25)16-7-6-8-17(13-16)29(26,27)24-9-4-3-5-10-24/h6-8,11-13H,3-5,9-10H2,1-2H3,(H,22,23,25). The number of amides is 1. The fourth-order valence-electron chi connectivity index (χ4n) is 3.65. The SMILES string of the molecule is Cc1cc(C)c2nc(NC(=O)c3cccc(S(=O)(=O)N4CCCCC4)c3)sc2c1. The zero-order valence-electron chi connectivity index (χ0n) is 16.4. The summed E-state index contributed by atoms with van der Waals surface area (Å²) in [4.78, 5) is 17.4. The van der Waals surface area contributed by atoms with Crippen molar-refractivity contribution in [3.8, 4) is 0 Å². The predicted octanol–water partition coefficient (Wildman–Crippen LogP) is 4.34. The van der Waals surface area contributed by atoms with Crippen LogP contribution in [0.4, 0.5) is 5.13 Å². The van der Waals surface area contributed by atoms with Crippen LogP contribution >= 0.6 is 11.3 Å². The number of piperidine rings is 1. The average molecular weight is 430 g/mol. The fraction of sp³-hybridized carbons (Fsp3) is 0.333. The molecule has 0 atom stereocenters. The molecule has 2 heterocycles. The van der Waals surface area contributed by atoms with Gasteiger partial charge in [-0.05, 0) is 62.1 Å². The highest BCUT2D eigenvalue weighted by Crippen LogP contribution is 2.30. The number of nitrogens with zero attached hydrogens (tertiary/aromatic N) is 2. The zero-order valence-corrected chi connectivity index (χ0v) is 18.1. The second-order valence-electron chi connectivity index (χ2n) is 7.39. The van der Waals surface area contributed by atoms with Gasteiger partial charge in [0.25, 0.3) is 5.91 Å². The van der Waals surface area contributed by atoms with Gasteiger partial charge in [0, 0.05) is 18.7 Å². The number of fused-ring (bicyclic) bond motifs is 1. The van der Waals surface area contributed by atoms with Crippen LogP contribution in [-0.2, 0) is 10.0 Å². The molecule has 1 aromatic heterocycles. The predicted molar refractivity (Wildman–Crippen MR) is 116 cm³/mol. The summed E-state index contributed by atoms with van der Waals surface area (Å²) in [5, 5.41) is 3.32. The number of rotatable bonds is 4. The summed E-state index contributed by atoms with van der Waals surface area (Å²) in [6.07, 6.45) is 2.79. The summed E-state index contributed by atoms with van der Waals surface area (Å²) in [7, 11) is -3.58. The number of carbonyl (C=O) groups excluding carboxylic acids is 1. The Morgan fingerprint density at radius 3 is 2.62 bits per heavy atom. The first-order valence-electron chi connectivity index (χ1n) is 9.64. The first-order valence-corrected chi connectivity index (χ1v) is 11.9. The number of sulfonamides is 1. The molecule has 1 N–H and O–H groups in total. The van der Waals surface area contributed by atoms with Crippen molar-refractivity contribution in [2.24, 2.45) is 0 Å². The normalized spacial score (nSPS) is 15.5. The van der Waals surface area contributed by atoms with Gasteiger partial charge in [-0.25, -0.2) is 13.4 Å². The molecule has 0 radical (unpaired) electrons. The molecule has 0 spiro atoms. The van der Waals surface area contributed by atoms with E-state index >= 15 is 0 Å². The summed E-state index contributed by atoms with van der Waals surface area (Å²) in [5.41, 5.74) is 3.38. The van der Waals surface area contributed by atoms with Gasteiger partial charge in [0.1, 0.15) is 0 Å². The molecule has 6 nitrogen and oxygen atoms in total. The van der Waals surface area contributed by atoms with E-state index in [0.29, 0.717) is 23.8 Å². The third kappa shape index (κ3) is 4.05. The van der Waals surface area contributed by atoms with Crippen molar-refractivity contribution in [3.05, 3.63) is 53.1 Å². The lowest BCUT2D eigenvalue weighted by molar-refractivity contribution is 0.102. The molecule has 2 aromatic carbocycles. The lowest BCUT2D eigenvalue weighted by Gasteiger charge is -2.26. The lowest BCUT2D eigenvalue weighted by atomic mass is 10.1. The highest BCUT2D eigenvalue weighted by atomic mass is 32.2. The first kappa shape index (κ1) is 20.0. The van der Waals surface area contributed by atoms with E-state index in [2.05, 4.69) is 16.4 Å². The molecule has 152 valence electrons. The quantitative estimate of drug-likeness (QED) is 0.669. The Morgan fingerprint density at radius 1 is 1.10 bits per heavy atom. The molecule has 0 bridgehead atoms. The van der Waals surface area contributed by atoms with E-state index in [0.717, 1.165) is 40.6 Å². The number of hydrogen-bond acceptors (Lipinski definition) is 5. The molecule has 4 rings (SSSR count). The Balaban J connectivity index is 1.58. The monoisotopic (exact) mass is 429 g/mol. The van der Waals surface area contributed by atoms with Crippen molar-refractivity contribution < 1.29 is 13.2 Å². The average Bonchev–Trinajstić information content (AvgIpc) is 3.11. The third-order valence-electron chi connectivity index (χ3n) is 5.10. The zero-order chi connectivity index (χ0) is 20.6. The van der Waals surface area contributed by atoms with Crippen LogP contribution in [0.2, 0.25) is 0 Å². The van der Waals surface area contributed by atoms with Crippen LogP contribution in [0.5, 0.6) is 0 Å². The van der Waals surface area contributed by atoms with Crippen LogP contribution in [0.25, 0.3) is 10.2 Å². The van der Waals surface area contributed by atoms with Crippen LogP contribution in [0.3, 0.4) is 0 Å².